The van der Waals surface area contributed by atoms with Gasteiger partial charge >= 0.3 is 0 Å². The lowest BCUT2D eigenvalue weighted by Gasteiger charge is -2.27. The Morgan fingerprint density at radius 3 is 0.956 bits per heavy atom. The highest BCUT2D eigenvalue weighted by atomic mass is 79.9. The molecule has 5 aromatic rings. The van der Waals surface area contributed by atoms with Gasteiger partial charge in [0.15, 0.2) is 0 Å². The highest BCUT2D eigenvalue weighted by Gasteiger charge is 2.16. The van der Waals surface area contributed by atoms with Crippen molar-refractivity contribution in [3.63, 3.8) is 0 Å². The van der Waals surface area contributed by atoms with Gasteiger partial charge in [-0.25, -0.2) is 0 Å². The first-order chi connectivity index (χ1) is 21.7. The summed E-state index contributed by atoms with van der Waals surface area (Å²) in [6.45, 7) is 6.82. The molecule has 45 heavy (non-hydrogen) atoms. The summed E-state index contributed by atoms with van der Waals surface area (Å²) in [4.78, 5) is 2.39. The van der Waals surface area contributed by atoms with Gasteiger partial charge in [0.25, 0.3) is 0 Å². The normalized spacial score (nSPS) is 11.5. The zero-order chi connectivity index (χ0) is 31.6. The minimum atomic E-state index is 0.126. The molecule has 0 aliphatic heterocycles. The maximum Gasteiger partial charge on any atom is 0.0461 e. The highest BCUT2D eigenvalue weighted by molar-refractivity contribution is 9.10. The molecule has 0 N–H and O–H groups in total. The number of nitrogens with zero attached hydrogens (tertiary/aromatic N) is 1. The monoisotopic (exact) mass is 721 g/mol. The highest BCUT2D eigenvalue weighted by Crippen LogP contribution is 2.36. The molecule has 0 aromatic heterocycles. The van der Waals surface area contributed by atoms with Crippen molar-refractivity contribution < 1.29 is 0 Å². The number of unbranched alkanes of at least 4 members (excludes halogenated alkanes) is 2. The van der Waals surface area contributed by atoms with Crippen LogP contribution >= 0.6 is 31.9 Å². The summed E-state index contributed by atoms with van der Waals surface area (Å²) in [6.07, 6.45) is 9.26. The Bertz CT molecular complexity index is 1500. The van der Waals surface area contributed by atoms with Crippen molar-refractivity contribution >= 4 is 48.9 Å². The third kappa shape index (κ3) is 9.92. The fourth-order valence-corrected chi connectivity index (χ4v) is 6.33. The second-order valence-electron chi connectivity index (χ2n) is 13.1. The summed E-state index contributed by atoms with van der Waals surface area (Å²) in [6, 6.07) is 44.9. The van der Waals surface area contributed by atoms with Gasteiger partial charge in [-0.2, -0.15) is 0 Å². The van der Waals surface area contributed by atoms with Crippen LogP contribution in [0, 0.1) is 0 Å². The molecule has 5 rings (SSSR count). The van der Waals surface area contributed by atoms with Gasteiger partial charge in [0.05, 0.1) is 0 Å². The Morgan fingerprint density at radius 2 is 0.667 bits per heavy atom. The first-order valence-electron chi connectivity index (χ1n) is 16.3. The Morgan fingerprint density at radius 1 is 0.400 bits per heavy atom. The van der Waals surface area contributed by atoms with Crippen LogP contribution in [0.2, 0.25) is 0 Å². The van der Waals surface area contributed by atoms with Gasteiger partial charge in [0.2, 0.25) is 0 Å². The summed E-state index contributed by atoms with van der Waals surface area (Å²) in [5.41, 5.74) is 10.7. The number of halogens is 2. The van der Waals surface area contributed by atoms with E-state index in [1.165, 1.54) is 70.6 Å². The molecule has 0 radical (unpaired) electrons. The van der Waals surface area contributed by atoms with Crippen LogP contribution in [0.1, 0.15) is 74.3 Å². The van der Waals surface area contributed by atoms with Gasteiger partial charge in [-0.1, -0.05) is 113 Å². The Labute approximate surface area is 288 Å². The summed E-state index contributed by atoms with van der Waals surface area (Å²) >= 11 is 7.07. The van der Waals surface area contributed by atoms with Gasteiger partial charge in [0.1, 0.15) is 0 Å². The number of anilines is 3. The Hall–Kier alpha value is -3.14. The van der Waals surface area contributed by atoms with Crippen molar-refractivity contribution in [2.45, 2.75) is 77.6 Å². The van der Waals surface area contributed by atoms with E-state index in [1.807, 2.05) is 0 Å². The summed E-state index contributed by atoms with van der Waals surface area (Å²) < 4.78 is 2.29. The number of hydrogen-bond acceptors (Lipinski definition) is 1. The van der Waals surface area contributed by atoms with Crippen LogP contribution in [0.25, 0.3) is 0 Å². The molecule has 0 amide bonds. The van der Waals surface area contributed by atoms with Crippen molar-refractivity contribution in [2.75, 3.05) is 4.90 Å². The molecule has 0 bridgehead atoms. The van der Waals surface area contributed by atoms with E-state index < -0.39 is 0 Å². The molecule has 0 unspecified atom stereocenters. The van der Waals surface area contributed by atoms with Crippen molar-refractivity contribution in [2.24, 2.45) is 0 Å². The van der Waals surface area contributed by atoms with Crippen molar-refractivity contribution in [1.82, 2.24) is 0 Å². The van der Waals surface area contributed by atoms with Crippen LogP contribution in [0.5, 0.6) is 0 Å². The quantitative estimate of drug-likeness (QED) is 0.109. The summed E-state index contributed by atoms with van der Waals surface area (Å²) in [5.74, 6) is 0. The van der Waals surface area contributed by atoms with E-state index in [4.69, 9.17) is 0 Å². The molecule has 5 aromatic carbocycles. The van der Waals surface area contributed by atoms with Crippen molar-refractivity contribution in [3.8, 4) is 0 Å². The van der Waals surface area contributed by atoms with Gasteiger partial charge in [-0.05, 0) is 145 Å². The molecule has 232 valence electrons. The topological polar surface area (TPSA) is 3.24 Å². The van der Waals surface area contributed by atoms with E-state index in [0.29, 0.717) is 0 Å². The second-order valence-corrected chi connectivity index (χ2v) is 15.0. The van der Waals surface area contributed by atoms with E-state index in [-0.39, 0.29) is 5.41 Å². The van der Waals surface area contributed by atoms with E-state index >= 15 is 0 Å². The molecule has 0 heterocycles. The summed E-state index contributed by atoms with van der Waals surface area (Å²) in [7, 11) is 0. The minimum absolute atomic E-state index is 0.126. The maximum absolute atomic E-state index is 3.53. The standard InChI is InChI=1S/C42H45Br2N/c1-42(2,3)36-20-30-41(31-21-36)45(39-26-16-34(17-27-39)10-6-4-8-32-12-22-37(43)23-13-32)40-28-18-35(19-29-40)11-7-5-9-33-14-24-38(44)25-15-33/h12-31H,4-11H2,1-3H3. The molecule has 0 spiro atoms. The smallest absolute Gasteiger partial charge is 0.0461 e. The minimum Gasteiger partial charge on any atom is -0.311 e. The van der Waals surface area contributed by atoms with Gasteiger partial charge < -0.3 is 4.90 Å². The van der Waals surface area contributed by atoms with E-state index in [1.54, 1.807) is 0 Å². The van der Waals surface area contributed by atoms with Crippen LogP contribution < -0.4 is 4.90 Å². The fraction of sp³-hybridized carbons (Fsp3) is 0.286. The van der Waals surface area contributed by atoms with Crippen LogP contribution in [-0.4, -0.2) is 0 Å². The molecule has 0 atom stereocenters. The van der Waals surface area contributed by atoms with Gasteiger partial charge in [0, 0.05) is 26.0 Å². The van der Waals surface area contributed by atoms with Crippen LogP contribution in [-0.2, 0) is 31.1 Å². The fourth-order valence-electron chi connectivity index (χ4n) is 5.80. The SMILES string of the molecule is CC(C)(C)c1ccc(N(c2ccc(CCCCc3ccc(Br)cc3)cc2)c2ccc(CCCCc3ccc(Br)cc3)cc2)cc1. The zero-order valence-corrected chi connectivity index (χ0v) is 30.1. The van der Waals surface area contributed by atoms with Crippen molar-refractivity contribution in [3.05, 3.63) is 158 Å². The predicted molar refractivity (Wildman–Crippen MR) is 201 cm³/mol. The largest absolute Gasteiger partial charge is 0.311 e. The number of rotatable bonds is 13. The van der Waals surface area contributed by atoms with Gasteiger partial charge in [-0.15, -0.1) is 0 Å². The van der Waals surface area contributed by atoms with Crippen molar-refractivity contribution in [1.29, 1.82) is 0 Å². The Kier molecular flexibility index (Phi) is 11.8. The lowest BCUT2D eigenvalue weighted by Crippen LogP contribution is -2.13. The number of benzene rings is 5. The average Bonchev–Trinajstić information content (AvgIpc) is 3.04. The Balaban J connectivity index is 1.25. The number of aryl methyl sites for hydroxylation is 4. The lowest BCUT2D eigenvalue weighted by molar-refractivity contribution is 0.590. The van der Waals surface area contributed by atoms with Gasteiger partial charge in [-0.3, -0.25) is 0 Å². The summed E-state index contributed by atoms with van der Waals surface area (Å²) in [5, 5.41) is 0. The molecule has 0 saturated heterocycles. The van der Waals surface area contributed by atoms with Crippen LogP contribution in [0.4, 0.5) is 17.1 Å². The molecule has 3 heteroatoms. The lowest BCUT2D eigenvalue weighted by atomic mass is 9.87. The first kappa shape index (κ1) is 33.2. The molecular weight excluding hydrogens is 678 g/mol. The van der Waals surface area contributed by atoms with E-state index in [2.05, 4.69) is 179 Å². The van der Waals surface area contributed by atoms with E-state index in [9.17, 15) is 0 Å². The first-order valence-corrected chi connectivity index (χ1v) is 17.9. The second kappa shape index (κ2) is 15.9. The molecule has 0 saturated carbocycles. The third-order valence-electron chi connectivity index (χ3n) is 8.57. The zero-order valence-electron chi connectivity index (χ0n) is 26.9. The van der Waals surface area contributed by atoms with Crippen LogP contribution in [0.3, 0.4) is 0 Å². The molecule has 0 aliphatic carbocycles. The average molecular weight is 724 g/mol. The third-order valence-corrected chi connectivity index (χ3v) is 9.63. The maximum atomic E-state index is 3.53. The predicted octanol–water partition coefficient (Wildman–Crippen LogP) is 13.1. The number of hydrogen-bond donors (Lipinski definition) is 0. The molecule has 1 nitrogen and oxygen atoms in total. The van der Waals surface area contributed by atoms with E-state index in [0.717, 1.165) is 34.6 Å². The molecular formula is C42H45Br2N. The van der Waals surface area contributed by atoms with Crippen LogP contribution in [0.15, 0.2) is 130 Å². The molecule has 0 aliphatic rings. The molecule has 0 fully saturated rings.